The number of aromatic amines is 1. The molecule has 1 heterocycles. The Balaban J connectivity index is 2.03. The molecule has 0 unspecified atom stereocenters. The standard InChI is InChI=1S/C14H16N4O3/c1-9-7-10(13(19)20)3-4-11(9)17-14(21)18(2)8-12-15-5-6-16-12/h3-7H,8H2,1-2H3,(H,15,16)(H,17,21)(H,19,20). The van der Waals surface area contributed by atoms with E-state index < -0.39 is 5.97 Å². The smallest absolute Gasteiger partial charge is 0.335 e. The Labute approximate surface area is 121 Å². The van der Waals surface area contributed by atoms with Crippen molar-refractivity contribution in [3.8, 4) is 0 Å². The highest BCUT2D eigenvalue weighted by Gasteiger charge is 2.12. The van der Waals surface area contributed by atoms with Gasteiger partial charge < -0.3 is 20.3 Å². The lowest BCUT2D eigenvalue weighted by molar-refractivity contribution is 0.0697. The summed E-state index contributed by atoms with van der Waals surface area (Å²) in [7, 11) is 1.65. The molecule has 1 aromatic heterocycles. The Morgan fingerprint density at radius 2 is 2.19 bits per heavy atom. The normalized spacial score (nSPS) is 10.2. The quantitative estimate of drug-likeness (QED) is 0.802. The van der Waals surface area contributed by atoms with Crippen molar-refractivity contribution in [2.24, 2.45) is 0 Å². The first-order valence-corrected chi connectivity index (χ1v) is 6.31. The third-order valence-corrected chi connectivity index (χ3v) is 3.00. The van der Waals surface area contributed by atoms with E-state index in [-0.39, 0.29) is 11.6 Å². The zero-order chi connectivity index (χ0) is 15.4. The number of carbonyl (C=O) groups excluding carboxylic acids is 1. The molecule has 1 aromatic carbocycles. The number of hydrogen-bond acceptors (Lipinski definition) is 3. The van der Waals surface area contributed by atoms with Crippen molar-refractivity contribution in [2.75, 3.05) is 12.4 Å². The fraction of sp³-hybridized carbons (Fsp3) is 0.214. The molecule has 7 heteroatoms. The van der Waals surface area contributed by atoms with Crippen molar-refractivity contribution in [2.45, 2.75) is 13.5 Å². The Morgan fingerprint density at radius 1 is 1.43 bits per heavy atom. The molecule has 0 saturated carbocycles. The second-order valence-corrected chi connectivity index (χ2v) is 4.66. The molecular formula is C14H16N4O3. The van der Waals surface area contributed by atoms with E-state index in [9.17, 15) is 9.59 Å². The van der Waals surface area contributed by atoms with E-state index in [4.69, 9.17) is 5.11 Å². The molecule has 7 nitrogen and oxygen atoms in total. The number of H-pyrrole nitrogens is 1. The number of carboxylic acids is 1. The molecule has 2 amide bonds. The minimum Gasteiger partial charge on any atom is -0.478 e. The third-order valence-electron chi connectivity index (χ3n) is 3.00. The number of rotatable bonds is 4. The number of anilines is 1. The third kappa shape index (κ3) is 3.59. The first-order chi connectivity index (χ1) is 9.97. The van der Waals surface area contributed by atoms with Crippen molar-refractivity contribution in [1.29, 1.82) is 0 Å². The zero-order valence-electron chi connectivity index (χ0n) is 11.8. The molecule has 0 bridgehead atoms. The van der Waals surface area contributed by atoms with E-state index in [1.165, 1.54) is 17.0 Å². The van der Waals surface area contributed by atoms with Crippen LogP contribution in [0, 0.1) is 6.92 Å². The number of aryl methyl sites for hydroxylation is 1. The van der Waals surface area contributed by atoms with Gasteiger partial charge in [0.1, 0.15) is 5.82 Å². The molecule has 0 radical (unpaired) electrons. The van der Waals surface area contributed by atoms with Gasteiger partial charge in [-0.2, -0.15) is 0 Å². The first kappa shape index (κ1) is 14.6. The van der Waals surface area contributed by atoms with Gasteiger partial charge in [0.05, 0.1) is 12.1 Å². The van der Waals surface area contributed by atoms with Crippen LogP contribution in [0.25, 0.3) is 0 Å². The molecule has 0 atom stereocenters. The summed E-state index contributed by atoms with van der Waals surface area (Å²) in [4.78, 5) is 31.4. The number of urea groups is 1. The van der Waals surface area contributed by atoms with E-state index in [0.717, 1.165) is 0 Å². The number of aromatic carboxylic acids is 1. The number of nitrogens with one attached hydrogen (secondary N) is 2. The molecule has 3 N–H and O–H groups in total. The van der Waals surface area contributed by atoms with Gasteiger partial charge in [-0.15, -0.1) is 0 Å². The van der Waals surface area contributed by atoms with Crippen molar-refractivity contribution in [3.05, 3.63) is 47.5 Å². The van der Waals surface area contributed by atoms with Gasteiger partial charge in [0, 0.05) is 25.1 Å². The summed E-state index contributed by atoms with van der Waals surface area (Å²) in [5.41, 5.74) is 1.46. The summed E-state index contributed by atoms with van der Waals surface area (Å²) in [6.07, 6.45) is 3.31. The maximum atomic E-state index is 12.1. The molecule has 0 aliphatic heterocycles. The first-order valence-electron chi connectivity index (χ1n) is 6.31. The van der Waals surface area contributed by atoms with Crippen LogP contribution in [-0.2, 0) is 6.54 Å². The van der Waals surface area contributed by atoms with Gasteiger partial charge in [0.25, 0.3) is 0 Å². The Bertz CT molecular complexity index is 652. The molecule has 2 rings (SSSR count). The largest absolute Gasteiger partial charge is 0.478 e. The van der Waals surface area contributed by atoms with Crippen LogP contribution in [-0.4, -0.2) is 39.0 Å². The second-order valence-electron chi connectivity index (χ2n) is 4.66. The minimum absolute atomic E-state index is 0.189. The van der Waals surface area contributed by atoms with Crippen LogP contribution in [0.4, 0.5) is 10.5 Å². The predicted octanol–water partition coefficient (Wildman–Crippen LogP) is 2.08. The van der Waals surface area contributed by atoms with Gasteiger partial charge in [-0.3, -0.25) is 0 Å². The monoisotopic (exact) mass is 288 g/mol. The van der Waals surface area contributed by atoms with Crippen molar-refractivity contribution in [1.82, 2.24) is 14.9 Å². The summed E-state index contributed by atoms with van der Waals surface area (Å²) in [5, 5.41) is 11.6. The van der Waals surface area contributed by atoms with Gasteiger partial charge >= 0.3 is 12.0 Å². The van der Waals surface area contributed by atoms with E-state index in [2.05, 4.69) is 15.3 Å². The second kappa shape index (κ2) is 6.08. The number of nitrogens with zero attached hydrogens (tertiary/aromatic N) is 2. The molecule has 0 saturated heterocycles. The molecular weight excluding hydrogens is 272 g/mol. The fourth-order valence-electron chi connectivity index (χ4n) is 1.83. The maximum absolute atomic E-state index is 12.1. The molecule has 0 fully saturated rings. The lowest BCUT2D eigenvalue weighted by Crippen LogP contribution is -2.31. The molecule has 0 spiro atoms. The highest BCUT2D eigenvalue weighted by molar-refractivity contribution is 5.92. The lowest BCUT2D eigenvalue weighted by atomic mass is 10.1. The molecule has 110 valence electrons. The highest BCUT2D eigenvalue weighted by Crippen LogP contribution is 2.17. The molecule has 0 aliphatic carbocycles. The molecule has 2 aromatic rings. The SMILES string of the molecule is Cc1cc(C(=O)O)ccc1NC(=O)N(C)Cc1ncc[nH]1. The summed E-state index contributed by atoms with van der Waals surface area (Å²) in [5.74, 6) is -0.309. The zero-order valence-corrected chi connectivity index (χ0v) is 11.8. The average molecular weight is 288 g/mol. The number of aromatic nitrogens is 2. The average Bonchev–Trinajstić information content (AvgIpc) is 2.93. The topological polar surface area (TPSA) is 98.3 Å². The highest BCUT2D eigenvalue weighted by atomic mass is 16.4. The predicted molar refractivity (Wildman–Crippen MR) is 77.2 cm³/mol. The van der Waals surface area contributed by atoms with Crippen molar-refractivity contribution < 1.29 is 14.7 Å². The molecule has 21 heavy (non-hydrogen) atoms. The Hall–Kier alpha value is -2.83. The summed E-state index contributed by atoms with van der Waals surface area (Å²) in [6.45, 7) is 2.10. The van der Waals surface area contributed by atoms with Crippen LogP contribution in [0.3, 0.4) is 0 Å². The van der Waals surface area contributed by atoms with Crippen LogP contribution in [0.2, 0.25) is 0 Å². The Kier molecular flexibility index (Phi) is 4.22. The van der Waals surface area contributed by atoms with Gasteiger partial charge in [-0.25, -0.2) is 14.6 Å². The van der Waals surface area contributed by atoms with E-state index in [1.807, 2.05) is 0 Å². The molecule has 0 aliphatic rings. The summed E-state index contributed by atoms with van der Waals surface area (Å²) >= 11 is 0. The Morgan fingerprint density at radius 3 is 2.76 bits per heavy atom. The van der Waals surface area contributed by atoms with Crippen molar-refractivity contribution >= 4 is 17.7 Å². The summed E-state index contributed by atoms with van der Waals surface area (Å²) in [6, 6.07) is 4.26. The van der Waals surface area contributed by atoms with Gasteiger partial charge in [-0.05, 0) is 30.7 Å². The van der Waals surface area contributed by atoms with Crippen LogP contribution in [0.15, 0.2) is 30.6 Å². The summed E-state index contributed by atoms with van der Waals surface area (Å²) < 4.78 is 0. The minimum atomic E-state index is -0.995. The lowest BCUT2D eigenvalue weighted by Gasteiger charge is -2.17. The number of carbonyl (C=O) groups is 2. The number of benzene rings is 1. The van der Waals surface area contributed by atoms with Gasteiger partial charge in [0.2, 0.25) is 0 Å². The van der Waals surface area contributed by atoms with Crippen LogP contribution in [0.5, 0.6) is 0 Å². The fourth-order valence-corrected chi connectivity index (χ4v) is 1.83. The maximum Gasteiger partial charge on any atom is 0.335 e. The van der Waals surface area contributed by atoms with E-state index >= 15 is 0 Å². The van der Waals surface area contributed by atoms with Crippen LogP contribution >= 0.6 is 0 Å². The van der Waals surface area contributed by atoms with Gasteiger partial charge in [-0.1, -0.05) is 0 Å². The van der Waals surface area contributed by atoms with Crippen molar-refractivity contribution in [3.63, 3.8) is 0 Å². The van der Waals surface area contributed by atoms with Crippen LogP contribution in [0.1, 0.15) is 21.7 Å². The number of hydrogen-bond donors (Lipinski definition) is 3. The van der Waals surface area contributed by atoms with Crippen LogP contribution < -0.4 is 5.32 Å². The van der Waals surface area contributed by atoms with E-state index in [1.54, 1.807) is 32.4 Å². The van der Waals surface area contributed by atoms with Gasteiger partial charge in [0.15, 0.2) is 0 Å². The number of imidazole rings is 1. The number of amides is 2. The number of carboxylic acid groups (broad SMARTS) is 1. The van der Waals surface area contributed by atoms with E-state index in [0.29, 0.717) is 23.6 Å².